The fourth-order valence-electron chi connectivity index (χ4n) is 1.90. The molecule has 0 heterocycles. The van der Waals surface area contributed by atoms with Crippen molar-refractivity contribution in [1.29, 1.82) is 0 Å². The van der Waals surface area contributed by atoms with E-state index in [1.807, 2.05) is 0 Å². The van der Waals surface area contributed by atoms with Crippen molar-refractivity contribution in [2.24, 2.45) is 0 Å². The molecule has 4 nitrogen and oxygen atoms in total. The number of benzene rings is 2. The molecule has 0 unspecified atom stereocenters. The number of halogens is 2. The Morgan fingerprint density at radius 1 is 1.13 bits per heavy atom. The number of carbonyl (C=O) groups excluding carboxylic acids is 2. The van der Waals surface area contributed by atoms with Gasteiger partial charge in [0.05, 0.1) is 12.2 Å². The van der Waals surface area contributed by atoms with Gasteiger partial charge in [0.2, 0.25) is 0 Å². The lowest BCUT2D eigenvalue weighted by Gasteiger charge is -2.11. The van der Waals surface area contributed by atoms with Crippen LogP contribution in [0.5, 0.6) is 5.75 Å². The van der Waals surface area contributed by atoms with E-state index in [4.69, 9.17) is 21.1 Å². The maximum Gasteiger partial charge on any atom is 0.344 e. The van der Waals surface area contributed by atoms with Crippen LogP contribution >= 0.6 is 11.6 Å². The highest BCUT2D eigenvalue weighted by Gasteiger charge is 2.17. The van der Waals surface area contributed by atoms with E-state index >= 15 is 0 Å². The lowest BCUT2D eigenvalue weighted by atomic mass is 10.0. The summed E-state index contributed by atoms with van der Waals surface area (Å²) in [5.74, 6) is -1.47. The van der Waals surface area contributed by atoms with Crippen molar-refractivity contribution in [2.75, 3.05) is 13.2 Å². The summed E-state index contributed by atoms with van der Waals surface area (Å²) in [7, 11) is 0. The largest absolute Gasteiger partial charge is 0.481 e. The molecule has 0 aromatic heterocycles. The van der Waals surface area contributed by atoms with Crippen molar-refractivity contribution in [3.63, 3.8) is 0 Å². The highest BCUT2D eigenvalue weighted by Crippen LogP contribution is 2.24. The van der Waals surface area contributed by atoms with Crippen LogP contribution in [0.3, 0.4) is 0 Å². The molecule has 0 aliphatic rings. The molecule has 0 saturated heterocycles. The van der Waals surface area contributed by atoms with Crippen LogP contribution in [0, 0.1) is 5.82 Å². The zero-order valence-electron chi connectivity index (χ0n) is 12.3. The molecule has 23 heavy (non-hydrogen) atoms. The van der Waals surface area contributed by atoms with Gasteiger partial charge in [-0.3, -0.25) is 4.79 Å². The highest BCUT2D eigenvalue weighted by atomic mass is 35.5. The van der Waals surface area contributed by atoms with E-state index in [0.29, 0.717) is 10.6 Å². The van der Waals surface area contributed by atoms with Crippen LogP contribution in [0.1, 0.15) is 22.8 Å². The normalized spacial score (nSPS) is 10.2. The molecule has 0 fully saturated rings. The van der Waals surface area contributed by atoms with Gasteiger partial charge in [0.1, 0.15) is 11.6 Å². The van der Waals surface area contributed by atoms with Crippen LogP contribution in [0.4, 0.5) is 4.39 Å². The molecule has 6 heteroatoms. The lowest BCUT2D eigenvalue weighted by Crippen LogP contribution is -2.16. The second kappa shape index (κ2) is 7.74. The number of esters is 1. The average Bonchev–Trinajstić information content (AvgIpc) is 2.54. The van der Waals surface area contributed by atoms with E-state index in [1.165, 1.54) is 18.2 Å². The summed E-state index contributed by atoms with van der Waals surface area (Å²) in [6, 6.07) is 9.71. The third-order valence-corrected chi connectivity index (χ3v) is 3.20. The third kappa shape index (κ3) is 4.53. The Hall–Kier alpha value is -2.40. The maximum absolute atomic E-state index is 13.5. The minimum atomic E-state index is -0.578. The second-order valence-electron chi connectivity index (χ2n) is 4.57. The van der Waals surface area contributed by atoms with Gasteiger partial charge in [-0.05, 0) is 49.4 Å². The first-order valence-corrected chi connectivity index (χ1v) is 7.27. The molecule has 2 aromatic carbocycles. The molecule has 0 saturated carbocycles. The van der Waals surface area contributed by atoms with Crippen molar-refractivity contribution < 1.29 is 23.5 Å². The summed E-state index contributed by atoms with van der Waals surface area (Å²) in [4.78, 5) is 23.8. The molecular formula is C17H14ClFO4. The predicted molar refractivity (Wildman–Crippen MR) is 83.4 cm³/mol. The fraction of sp³-hybridized carbons (Fsp3) is 0.176. The Morgan fingerprint density at radius 3 is 2.48 bits per heavy atom. The van der Waals surface area contributed by atoms with E-state index in [0.717, 1.165) is 12.1 Å². The fourth-order valence-corrected chi connectivity index (χ4v) is 2.03. The van der Waals surface area contributed by atoms with E-state index in [9.17, 15) is 14.0 Å². The zero-order valence-corrected chi connectivity index (χ0v) is 13.1. The minimum Gasteiger partial charge on any atom is -0.481 e. The molecule has 0 aliphatic carbocycles. The number of hydrogen-bond acceptors (Lipinski definition) is 4. The first-order chi connectivity index (χ1) is 11.0. The Balaban J connectivity index is 2.26. The van der Waals surface area contributed by atoms with Crippen molar-refractivity contribution >= 4 is 23.4 Å². The van der Waals surface area contributed by atoms with Gasteiger partial charge >= 0.3 is 5.97 Å². The Morgan fingerprint density at radius 2 is 1.83 bits per heavy atom. The Kier molecular flexibility index (Phi) is 5.71. The monoisotopic (exact) mass is 336 g/mol. The molecule has 0 amide bonds. The number of hydrogen-bond donors (Lipinski definition) is 0. The second-order valence-corrected chi connectivity index (χ2v) is 5.01. The smallest absolute Gasteiger partial charge is 0.344 e. The summed E-state index contributed by atoms with van der Waals surface area (Å²) in [6.45, 7) is 1.54. The van der Waals surface area contributed by atoms with Gasteiger partial charge in [-0.1, -0.05) is 11.6 Å². The van der Waals surface area contributed by atoms with Gasteiger partial charge < -0.3 is 9.47 Å². The van der Waals surface area contributed by atoms with Crippen LogP contribution in [0.2, 0.25) is 5.02 Å². The van der Waals surface area contributed by atoms with Gasteiger partial charge in [0.25, 0.3) is 0 Å². The van der Waals surface area contributed by atoms with E-state index < -0.39 is 17.6 Å². The Labute approximate surface area is 137 Å². The summed E-state index contributed by atoms with van der Waals surface area (Å²) < 4.78 is 23.5. The van der Waals surface area contributed by atoms with Gasteiger partial charge in [-0.25, -0.2) is 9.18 Å². The number of carbonyl (C=O) groups is 2. The van der Waals surface area contributed by atoms with Gasteiger partial charge in [0.15, 0.2) is 12.4 Å². The van der Waals surface area contributed by atoms with Crippen LogP contribution in [0.25, 0.3) is 0 Å². The highest BCUT2D eigenvalue weighted by molar-refractivity contribution is 6.30. The number of ketones is 1. The molecular weight excluding hydrogens is 323 g/mol. The SMILES string of the molecule is CCOC(=O)COc1ccc(F)cc1C(=O)c1ccc(Cl)cc1. The molecule has 0 atom stereocenters. The predicted octanol–water partition coefficient (Wildman–Crippen LogP) is 3.65. The lowest BCUT2D eigenvalue weighted by molar-refractivity contribution is -0.145. The zero-order chi connectivity index (χ0) is 16.8. The summed E-state index contributed by atoms with van der Waals surface area (Å²) in [6.07, 6.45) is 0. The van der Waals surface area contributed by atoms with E-state index in [1.54, 1.807) is 19.1 Å². The van der Waals surface area contributed by atoms with Gasteiger partial charge in [-0.2, -0.15) is 0 Å². The molecule has 120 valence electrons. The third-order valence-electron chi connectivity index (χ3n) is 2.94. The first-order valence-electron chi connectivity index (χ1n) is 6.89. The minimum absolute atomic E-state index is 0.0246. The summed E-state index contributed by atoms with van der Waals surface area (Å²) >= 11 is 5.79. The maximum atomic E-state index is 13.5. The molecule has 0 radical (unpaired) electrons. The average molecular weight is 337 g/mol. The number of ether oxygens (including phenoxy) is 2. The van der Waals surface area contributed by atoms with Crippen molar-refractivity contribution in [3.05, 3.63) is 64.4 Å². The summed E-state index contributed by atoms with van der Waals surface area (Å²) in [5, 5.41) is 0.486. The molecule has 2 rings (SSSR count). The van der Waals surface area contributed by atoms with Crippen LogP contribution < -0.4 is 4.74 Å². The van der Waals surface area contributed by atoms with E-state index in [2.05, 4.69) is 0 Å². The van der Waals surface area contributed by atoms with Crippen molar-refractivity contribution in [3.8, 4) is 5.75 Å². The standard InChI is InChI=1S/C17H14ClFO4/c1-2-22-16(20)10-23-15-8-7-13(19)9-14(15)17(21)11-3-5-12(18)6-4-11/h3-9H,2,10H2,1H3. The molecule has 0 spiro atoms. The molecule has 2 aromatic rings. The summed E-state index contributed by atoms with van der Waals surface area (Å²) in [5.41, 5.74) is 0.359. The van der Waals surface area contributed by atoms with Gasteiger partial charge in [0, 0.05) is 10.6 Å². The van der Waals surface area contributed by atoms with Crippen LogP contribution in [0.15, 0.2) is 42.5 Å². The first kappa shape index (κ1) is 17.0. The van der Waals surface area contributed by atoms with Crippen molar-refractivity contribution in [2.45, 2.75) is 6.92 Å². The molecule has 0 bridgehead atoms. The Bertz CT molecular complexity index is 713. The number of rotatable bonds is 6. The van der Waals surface area contributed by atoms with Crippen molar-refractivity contribution in [1.82, 2.24) is 0 Å². The van der Waals surface area contributed by atoms with Crippen LogP contribution in [-0.4, -0.2) is 25.0 Å². The molecule has 0 N–H and O–H groups in total. The topological polar surface area (TPSA) is 52.6 Å². The van der Waals surface area contributed by atoms with Crippen LogP contribution in [-0.2, 0) is 9.53 Å². The quantitative estimate of drug-likeness (QED) is 0.597. The molecule has 0 aliphatic heterocycles. The van der Waals surface area contributed by atoms with Gasteiger partial charge in [-0.15, -0.1) is 0 Å². The van der Waals surface area contributed by atoms with E-state index in [-0.39, 0.29) is 24.5 Å².